The highest BCUT2D eigenvalue weighted by atomic mass is 32.2. The maximum absolute atomic E-state index is 12.8. The highest BCUT2D eigenvalue weighted by Gasteiger charge is 2.34. The van der Waals surface area contributed by atoms with Gasteiger partial charge in [-0.1, -0.05) is 48.5 Å². The molecular formula is C27H30N2O5S. The van der Waals surface area contributed by atoms with Crippen LogP contribution in [0.5, 0.6) is 0 Å². The van der Waals surface area contributed by atoms with E-state index in [-0.39, 0.29) is 23.9 Å². The van der Waals surface area contributed by atoms with Crippen LogP contribution in [0.15, 0.2) is 53.4 Å². The molecule has 0 spiro atoms. The normalized spacial score (nSPS) is 13.3. The van der Waals surface area contributed by atoms with Crippen molar-refractivity contribution in [3.8, 4) is 11.1 Å². The molecule has 0 aromatic heterocycles. The van der Waals surface area contributed by atoms with E-state index in [9.17, 15) is 19.8 Å². The average Bonchev–Trinajstić information content (AvgIpc) is 3.10. The number of allylic oxidation sites excluding steroid dienone is 1. The van der Waals surface area contributed by atoms with Crippen molar-refractivity contribution < 1.29 is 23.9 Å². The van der Waals surface area contributed by atoms with Crippen molar-refractivity contribution in [3.63, 3.8) is 0 Å². The van der Waals surface area contributed by atoms with E-state index in [2.05, 4.69) is 5.32 Å². The number of carbonyl (C=O) groups excluding carboxylic acids is 3. The van der Waals surface area contributed by atoms with Crippen molar-refractivity contribution in [2.75, 3.05) is 19.1 Å². The average molecular weight is 495 g/mol. The maximum atomic E-state index is 12.8. The molecule has 0 fully saturated rings. The van der Waals surface area contributed by atoms with Crippen LogP contribution in [0.1, 0.15) is 44.2 Å². The third kappa shape index (κ3) is 6.41. The van der Waals surface area contributed by atoms with Gasteiger partial charge in [0.25, 0.3) is 0 Å². The van der Waals surface area contributed by atoms with Crippen molar-refractivity contribution in [2.45, 2.75) is 44.8 Å². The molecule has 7 nitrogen and oxygen atoms in total. The molecule has 0 radical (unpaired) electrons. The first kappa shape index (κ1) is 26.3. The topological polar surface area (TPSA) is 104 Å². The van der Waals surface area contributed by atoms with Gasteiger partial charge in [-0.25, -0.2) is 15.5 Å². The maximum Gasteiger partial charge on any atom is 0.407 e. The number of benzene rings is 2. The lowest BCUT2D eigenvalue weighted by atomic mass is 9.98. The number of esters is 1. The molecular weight excluding hydrogens is 464 g/mol. The summed E-state index contributed by atoms with van der Waals surface area (Å²) in [6, 6.07) is 14.7. The fourth-order valence-corrected chi connectivity index (χ4v) is 4.73. The Morgan fingerprint density at radius 2 is 1.57 bits per heavy atom. The number of amides is 1. The van der Waals surface area contributed by atoms with Gasteiger partial charge in [-0.2, -0.15) is 0 Å². The van der Waals surface area contributed by atoms with Crippen molar-refractivity contribution in [1.29, 1.82) is 0 Å². The van der Waals surface area contributed by atoms with Gasteiger partial charge >= 0.3 is 12.1 Å². The summed E-state index contributed by atoms with van der Waals surface area (Å²) in [5.41, 5.74) is 3.51. The fraction of sp³-hybridized carbons (Fsp3) is 0.370. The summed E-state index contributed by atoms with van der Waals surface area (Å²) >= 11 is 0. The van der Waals surface area contributed by atoms with Crippen LogP contribution in [0.2, 0.25) is 0 Å². The molecule has 184 valence electrons. The standard InChI is InChI=1S/C27H30N2O5S/c1-27(2,3)34-25(31)22(14-23(30)24(15-28)35(4)5)29-26(32)33-16-21-19-12-8-6-10-17(19)18-11-7-9-13-20(18)21/h6-13,21-22H,14,16H2,1-5H3,(H,29,32)/t22-/m0/s1. The van der Waals surface area contributed by atoms with Crippen molar-refractivity contribution in [2.24, 2.45) is 0 Å². The molecule has 2 aromatic rings. The molecule has 35 heavy (non-hydrogen) atoms. The molecule has 1 aliphatic carbocycles. The minimum atomic E-state index is -1.27. The fourth-order valence-electron chi connectivity index (χ4n) is 4.01. The van der Waals surface area contributed by atoms with Gasteiger partial charge in [0, 0.05) is 23.2 Å². The minimum Gasteiger partial charge on any atom is -0.759 e. The van der Waals surface area contributed by atoms with Crippen LogP contribution in [0, 0.1) is 0 Å². The predicted molar refractivity (Wildman–Crippen MR) is 139 cm³/mol. The summed E-state index contributed by atoms with van der Waals surface area (Å²) in [6.07, 6.45) is 2.28. The smallest absolute Gasteiger partial charge is 0.407 e. The molecule has 0 aliphatic heterocycles. The Kier molecular flexibility index (Phi) is 8.20. The second kappa shape index (κ2) is 10.9. The van der Waals surface area contributed by atoms with E-state index in [1.807, 2.05) is 54.4 Å². The van der Waals surface area contributed by atoms with Crippen LogP contribution in [0.3, 0.4) is 0 Å². The van der Waals surface area contributed by atoms with E-state index in [4.69, 9.17) is 9.47 Å². The van der Waals surface area contributed by atoms with Crippen LogP contribution < -0.4 is 5.32 Å². The first-order chi connectivity index (χ1) is 16.5. The Morgan fingerprint density at radius 3 is 2.06 bits per heavy atom. The summed E-state index contributed by atoms with van der Waals surface area (Å²) in [5, 5.41) is 11.8. The number of Topliss-reactive ketones (excluding diaryl/α,β-unsaturated/α-hetero) is 1. The SMILES string of the molecule is C[S+](C)C(=C=[N-])C(=O)C[C@H](NC(=O)OCC1c2ccccc2-c2ccccc21)C(=O)OC(C)(C)C. The van der Waals surface area contributed by atoms with Gasteiger partial charge in [-0.05, 0) is 43.0 Å². The van der Waals surface area contributed by atoms with Gasteiger partial charge in [-0.15, -0.1) is 0 Å². The zero-order chi connectivity index (χ0) is 25.8. The quantitative estimate of drug-likeness (QED) is 0.256. The van der Waals surface area contributed by atoms with E-state index >= 15 is 0 Å². The highest BCUT2D eigenvalue weighted by molar-refractivity contribution is 8.00. The van der Waals surface area contributed by atoms with Gasteiger partial charge in [-0.3, -0.25) is 4.79 Å². The van der Waals surface area contributed by atoms with E-state index in [1.165, 1.54) is 0 Å². The molecule has 1 aliphatic rings. The second-order valence-corrected chi connectivity index (χ2v) is 11.5. The molecule has 0 unspecified atom stereocenters. The Balaban J connectivity index is 1.73. The molecule has 1 atom stereocenters. The number of ether oxygens (including phenoxy) is 2. The summed E-state index contributed by atoms with van der Waals surface area (Å²) in [6.45, 7) is 5.15. The van der Waals surface area contributed by atoms with Gasteiger partial charge in [0.2, 0.25) is 10.7 Å². The van der Waals surface area contributed by atoms with Crippen LogP contribution in [-0.4, -0.2) is 54.5 Å². The molecule has 0 heterocycles. The van der Waals surface area contributed by atoms with E-state index in [1.54, 1.807) is 33.3 Å². The molecule has 8 heteroatoms. The number of fused-ring (bicyclic) bond motifs is 3. The number of nitrogens with one attached hydrogen (secondary N) is 1. The van der Waals surface area contributed by atoms with Gasteiger partial charge in [0.05, 0.1) is 0 Å². The molecule has 1 N–H and O–H groups in total. The zero-order valence-electron chi connectivity index (χ0n) is 20.6. The Morgan fingerprint density at radius 1 is 1.03 bits per heavy atom. The number of alkyl carbamates (subject to hydrolysis) is 1. The Labute approximate surface area is 208 Å². The van der Waals surface area contributed by atoms with Crippen molar-refractivity contribution in [1.82, 2.24) is 5.32 Å². The molecule has 0 saturated carbocycles. The van der Waals surface area contributed by atoms with Gasteiger partial charge in [0.15, 0.2) is 0 Å². The first-order valence-corrected chi connectivity index (χ1v) is 13.3. The van der Waals surface area contributed by atoms with E-state index < -0.39 is 40.4 Å². The Bertz CT molecular complexity index is 1130. The Hall–Kier alpha value is -3.35. The number of carbonyl (C=O) groups is 3. The highest BCUT2D eigenvalue weighted by Crippen LogP contribution is 2.44. The van der Waals surface area contributed by atoms with Crippen LogP contribution in [0.25, 0.3) is 16.5 Å². The molecule has 3 rings (SSSR count). The molecule has 0 bridgehead atoms. The molecule has 2 aromatic carbocycles. The summed E-state index contributed by atoms with van der Waals surface area (Å²) < 4.78 is 10.9. The van der Waals surface area contributed by atoms with Crippen molar-refractivity contribution in [3.05, 3.63) is 70.0 Å². The van der Waals surface area contributed by atoms with E-state index in [0.717, 1.165) is 22.3 Å². The first-order valence-electron chi connectivity index (χ1n) is 11.2. The summed E-state index contributed by atoms with van der Waals surface area (Å²) in [4.78, 5) is 38.2. The second-order valence-electron chi connectivity index (χ2n) is 9.44. The number of ketones is 1. The molecule has 1 amide bonds. The number of rotatable bonds is 8. The zero-order valence-corrected chi connectivity index (χ0v) is 21.4. The predicted octanol–water partition coefficient (Wildman–Crippen LogP) is 4.20. The summed E-state index contributed by atoms with van der Waals surface area (Å²) in [5.74, 6) is 0.504. The van der Waals surface area contributed by atoms with Gasteiger partial charge in [0.1, 0.15) is 30.8 Å². The lowest BCUT2D eigenvalue weighted by molar-refractivity contribution is -0.158. The van der Waals surface area contributed by atoms with Crippen molar-refractivity contribution >= 4 is 34.6 Å². The lowest BCUT2D eigenvalue weighted by Crippen LogP contribution is -2.46. The largest absolute Gasteiger partial charge is 0.759 e. The monoisotopic (exact) mass is 494 g/mol. The minimum absolute atomic E-state index is 0.0629. The third-order valence-electron chi connectivity index (χ3n) is 5.48. The van der Waals surface area contributed by atoms with E-state index in [0.29, 0.717) is 0 Å². The lowest BCUT2D eigenvalue weighted by Gasteiger charge is -2.24. The van der Waals surface area contributed by atoms with Gasteiger partial charge < -0.3 is 20.2 Å². The van der Waals surface area contributed by atoms with Crippen LogP contribution in [-0.2, 0) is 30.0 Å². The van der Waals surface area contributed by atoms with Crippen LogP contribution >= 0.6 is 0 Å². The molecule has 0 saturated heterocycles. The van der Waals surface area contributed by atoms with Crippen LogP contribution in [0.4, 0.5) is 4.79 Å². The number of hydrogen-bond acceptors (Lipinski definition) is 5. The third-order valence-corrected chi connectivity index (χ3v) is 6.62. The summed E-state index contributed by atoms with van der Waals surface area (Å²) in [7, 11) is -0.582. The number of nitrogens with zero attached hydrogens (tertiary/aromatic N) is 1. The number of hydrogen-bond donors (Lipinski definition) is 1.